The number of nitrogens with zero attached hydrogens (tertiary/aromatic N) is 2. The van der Waals surface area contributed by atoms with E-state index in [4.69, 9.17) is 34.7 Å². The molecule has 0 spiro atoms. The highest BCUT2D eigenvalue weighted by Crippen LogP contribution is 2.28. The fraction of sp³-hybridized carbons (Fsp3) is 0.167. The van der Waals surface area contributed by atoms with Crippen LogP contribution in [-0.2, 0) is 0 Å². The van der Waals surface area contributed by atoms with E-state index in [9.17, 15) is 9.59 Å². The van der Waals surface area contributed by atoms with E-state index in [-0.39, 0.29) is 16.0 Å². The second kappa shape index (κ2) is 7.07. The summed E-state index contributed by atoms with van der Waals surface area (Å²) < 4.78 is 1.35. The summed E-state index contributed by atoms with van der Waals surface area (Å²) in [4.78, 5) is 29.3. The Morgan fingerprint density at radius 1 is 1.23 bits per heavy atom. The lowest BCUT2D eigenvalue weighted by molar-refractivity contribution is 0.1000. The summed E-state index contributed by atoms with van der Waals surface area (Å²) in [5.41, 5.74) is 12.1. The van der Waals surface area contributed by atoms with Gasteiger partial charge >= 0.3 is 0 Å². The van der Waals surface area contributed by atoms with Crippen molar-refractivity contribution in [1.29, 1.82) is 0 Å². The molecule has 0 bridgehead atoms. The molecular weight excluding hydrogens is 375 g/mol. The van der Waals surface area contributed by atoms with Crippen LogP contribution in [0.4, 0.5) is 0 Å². The third-order valence-corrected chi connectivity index (χ3v) is 4.73. The van der Waals surface area contributed by atoms with Gasteiger partial charge in [0.15, 0.2) is 0 Å². The maximum atomic E-state index is 13.2. The smallest absolute Gasteiger partial charge is 0.267 e. The minimum Gasteiger partial charge on any atom is -0.366 e. The Labute approximate surface area is 159 Å². The van der Waals surface area contributed by atoms with Crippen LogP contribution in [0.25, 0.3) is 16.6 Å². The number of aromatic nitrogens is 2. The number of nitrogens with two attached hydrogens (primary N) is 2. The SMILES string of the molecule is CC[C@H](N)c1nc2c(Cl)ccc(Cl)c2c(=O)n1-c1cccc(C(N)=O)c1. The second-order valence-corrected chi connectivity index (χ2v) is 6.61. The van der Waals surface area contributed by atoms with E-state index in [1.807, 2.05) is 6.92 Å². The predicted octanol–water partition coefficient (Wildman–Crippen LogP) is 3.20. The Morgan fingerprint density at radius 2 is 1.92 bits per heavy atom. The van der Waals surface area contributed by atoms with Gasteiger partial charge in [-0.05, 0) is 36.8 Å². The molecule has 0 unspecified atom stereocenters. The zero-order valence-electron chi connectivity index (χ0n) is 13.9. The van der Waals surface area contributed by atoms with Gasteiger partial charge in [-0.1, -0.05) is 36.2 Å². The van der Waals surface area contributed by atoms with Crippen LogP contribution in [0.1, 0.15) is 35.6 Å². The molecule has 0 aliphatic rings. The molecule has 3 rings (SSSR count). The van der Waals surface area contributed by atoms with Crippen molar-refractivity contribution in [2.75, 3.05) is 0 Å². The zero-order chi connectivity index (χ0) is 19.0. The Morgan fingerprint density at radius 3 is 2.58 bits per heavy atom. The van der Waals surface area contributed by atoms with E-state index in [1.54, 1.807) is 30.3 Å². The van der Waals surface area contributed by atoms with Crippen molar-refractivity contribution in [3.63, 3.8) is 0 Å². The standard InChI is InChI=1S/C18H16Cl2N4O2/c1-2-13(21)17-23-15-12(20)7-6-11(19)14(15)18(26)24(17)10-5-3-4-9(8-10)16(22)25/h3-8,13H,2,21H2,1H3,(H2,22,25)/t13-/m0/s1. The van der Waals surface area contributed by atoms with Crippen LogP contribution in [-0.4, -0.2) is 15.5 Å². The van der Waals surface area contributed by atoms with Crippen LogP contribution in [0.2, 0.25) is 10.0 Å². The molecule has 4 N–H and O–H groups in total. The molecule has 1 aromatic heterocycles. The number of rotatable bonds is 4. The van der Waals surface area contributed by atoms with Crippen LogP contribution >= 0.6 is 23.2 Å². The maximum absolute atomic E-state index is 13.2. The van der Waals surface area contributed by atoms with E-state index < -0.39 is 17.5 Å². The minimum absolute atomic E-state index is 0.190. The highest BCUT2D eigenvalue weighted by Gasteiger charge is 2.20. The highest BCUT2D eigenvalue weighted by atomic mass is 35.5. The van der Waals surface area contributed by atoms with Crippen LogP contribution in [0.5, 0.6) is 0 Å². The fourth-order valence-corrected chi connectivity index (χ4v) is 3.15. The van der Waals surface area contributed by atoms with E-state index in [1.165, 1.54) is 10.6 Å². The van der Waals surface area contributed by atoms with Gasteiger partial charge < -0.3 is 11.5 Å². The maximum Gasteiger partial charge on any atom is 0.267 e. The van der Waals surface area contributed by atoms with Crippen molar-refractivity contribution in [3.8, 4) is 5.69 Å². The average Bonchev–Trinajstić information content (AvgIpc) is 2.63. The number of fused-ring (bicyclic) bond motifs is 1. The van der Waals surface area contributed by atoms with Gasteiger partial charge in [0.25, 0.3) is 5.56 Å². The molecule has 6 nitrogen and oxygen atoms in total. The quantitative estimate of drug-likeness (QED) is 0.713. The number of carbonyl (C=O) groups excluding carboxylic acids is 1. The Kier molecular flexibility index (Phi) is 5.00. The van der Waals surface area contributed by atoms with Gasteiger partial charge in [0.1, 0.15) is 5.82 Å². The van der Waals surface area contributed by atoms with Crippen molar-refractivity contribution >= 4 is 40.0 Å². The largest absolute Gasteiger partial charge is 0.366 e. The molecule has 3 aromatic rings. The zero-order valence-corrected chi connectivity index (χ0v) is 15.4. The van der Waals surface area contributed by atoms with Crippen molar-refractivity contribution < 1.29 is 4.79 Å². The van der Waals surface area contributed by atoms with Crippen molar-refractivity contribution in [2.45, 2.75) is 19.4 Å². The third-order valence-electron chi connectivity index (χ3n) is 4.11. The first-order valence-corrected chi connectivity index (χ1v) is 8.67. The summed E-state index contributed by atoms with van der Waals surface area (Å²) >= 11 is 12.4. The lowest BCUT2D eigenvalue weighted by Crippen LogP contribution is -2.29. The number of hydrogen-bond donors (Lipinski definition) is 2. The molecular formula is C18H16Cl2N4O2. The number of amides is 1. The Hall–Kier alpha value is -2.41. The van der Waals surface area contributed by atoms with Gasteiger partial charge in [-0.2, -0.15) is 0 Å². The van der Waals surface area contributed by atoms with E-state index in [0.29, 0.717) is 28.5 Å². The lowest BCUT2D eigenvalue weighted by Gasteiger charge is -2.18. The van der Waals surface area contributed by atoms with Crippen LogP contribution in [0, 0.1) is 0 Å². The van der Waals surface area contributed by atoms with Gasteiger partial charge in [-0.3, -0.25) is 14.2 Å². The van der Waals surface area contributed by atoms with E-state index >= 15 is 0 Å². The number of hydrogen-bond acceptors (Lipinski definition) is 4. The third kappa shape index (κ3) is 3.07. The molecule has 0 aliphatic heterocycles. The molecule has 0 radical (unpaired) electrons. The molecule has 1 heterocycles. The molecule has 0 saturated heterocycles. The van der Waals surface area contributed by atoms with Crippen molar-refractivity contribution in [1.82, 2.24) is 9.55 Å². The number of primary amides is 1. The first kappa shape index (κ1) is 18.4. The molecule has 1 atom stereocenters. The predicted molar refractivity (Wildman–Crippen MR) is 103 cm³/mol. The van der Waals surface area contributed by atoms with Crippen molar-refractivity contribution in [2.24, 2.45) is 11.5 Å². The van der Waals surface area contributed by atoms with Crippen LogP contribution in [0.15, 0.2) is 41.2 Å². The Bertz CT molecular complexity index is 1080. The molecule has 0 saturated carbocycles. The summed E-state index contributed by atoms with van der Waals surface area (Å²) in [6.45, 7) is 1.88. The first-order valence-electron chi connectivity index (χ1n) is 7.91. The minimum atomic E-state index is -0.601. The first-order chi connectivity index (χ1) is 12.3. The normalized spacial score (nSPS) is 12.3. The van der Waals surface area contributed by atoms with Gasteiger partial charge in [0.2, 0.25) is 5.91 Å². The molecule has 2 aromatic carbocycles. The summed E-state index contributed by atoms with van der Waals surface area (Å²) in [5, 5.41) is 0.734. The highest BCUT2D eigenvalue weighted by molar-refractivity contribution is 6.39. The monoisotopic (exact) mass is 390 g/mol. The summed E-state index contributed by atoms with van der Waals surface area (Å²) in [6, 6.07) is 8.99. The molecule has 0 aliphatic carbocycles. The van der Waals surface area contributed by atoms with Gasteiger partial charge in [-0.25, -0.2) is 4.98 Å². The van der Waals surface area contributed by atoms with Gasteiger partial charge in [0, 0.05) is 5.56 Å². The van der Waals surface area contributed by atoms with Crippen LogP contribution in [0.3, 0.4) is 0 Å². The molecule has 0 fully saturated rings. The fourth-order valence-electron chi connectivity index (χ4n) is 2.71. The molecule has 8 heteroatoms. The molecule has 134 valence electrons. The van der Waals surface area contributed by atoms with Gasteiger partial charge in [-0.15, -0.1) is 0 Å². The number of benzene rings is 2. The van der Waals surface area contributed by atoms with E-state index in [2.05, 4.69) is 4.98 Å². The second-order valence-electron chi connectivity index (χ2n) is 5.79. The lowest BCUT2D eigenvalue weighted by atomic mass is 10.1. The summed E-state index contributed by atoms with van der Waals surface area (Å²) in [7, 11) is 0. The number of halogens is 2. The Balaban J connectivity index is 2.45. The summed E-state index contributed by atoms with van der Waals surface area (Å²) in [5.74, 6) is -0.271. The molecule has 26 heavy (non-hydrogen) atoms. The summed E-state index contributed by atoms with van der Waals surface area (Å²) in [6.07, 6.45) is 0.547. The van der Waals surface area contributed by atoms with Crippen molar-refractivity contribution in [3.05, 3.63) is 68.2 Å². The molecule has 1 amide bonds. The van der Waals surface area contributed by atoms with Crippen LogP contribution < -0.4 is 17.0 Å². The van der Waals surface area contributed by atoms with E-state index in [0.717, 1.165) is 0 Å². The number of carbonyl (C=O) groups is 1. The topological polar surface area (TPSA) is 104 Å². The average molecular weight is 391 g/mol. The van der Waals surface area contributed by atoms with Gasteiger partial charge in [0.05, 0.1) is 32.7 Å².